The van der Waals surface area contributed by atoms with Gasteiger partial charge in [-0.25, -0.2) is 4.39 Å². The average Bonchev–Trinajstić information content (AvgIpc) is 2.35. The molecule has 0 spiro atoms. The molecule has 98 valence electrons. The fourth-order valence-electron chi connectivity index (χ4n) is 1.49. The number of nitrogens with zero attached hydrogens (tertiary/aromatic N) is 1. The zero-order chi connectivity index (χ0) is 13.4. The number of nitriles is 1. The number of rotatable bonds is 7. The highest BCUT2D eigenvalue weighted by molar-refractivity contribution is 5.34. The van der Waals surface area contributed by atoms with Crippen LogP contribution in [0, 0.1) is 23.1 Å². The van der Waals surface area contributed by atoms with E-state index in [4.69, 9.17) is 10.00 Å². The van der Waals surface area contributed by atoms with Crippen molar-refractivity contribution in [1.82, 2.24) is 5.32 Å². The van der Waals surface area contributed by atoms with Crippen molar-refractivity contribution in [2.24, 2.45) is 5.92 Å². The van der Waals surface area contributed by atoms with E-state index >= 15 is 0 Å². The molecule has 0 saturated heterocycles. The number of benzene rings is 1. The van der Waals surface area contributed by atoms with E-state index in [0.717, 1.165) is 6.61 Å². The second-order valence-electron chi connectivity index (χ2n) is 4.54. The normalized spacial score (nSPS) is 10.6. The number of halogens is 1. The van der Waals surface area contributed by atoms with E-state index in [1.165, 1.54) is 6.07 Å². The van der Waals surface area contributed by atoms with Crippen LogP contribution in [0.15, 0.2) is 18.2 Å². The Kier molecular flexibility index (Phi) is 6.34. The second kappa shape index (κ2) is 7.80. The molecule has 1 rings (SSSR count). The topological polar surface area (TPSA) is 45.0 Å². The van der Waals surface area contributed by atoms with E-state index < -0.39 is 5.82 Å². The maximum atomic E-state index is 13.7. The van der Waals surface area contributed by atoms with Crippen LogP contribution >= 0.6 is 0 Å². The molecule has 4 heteroatoms. The van der Waals surface area contributed by atoms with Crippen molar-refractivity contribution in [2.45, 2.75) is 20.4 Å². The van der Waals surface area contributed by atoms with Crippen molar-refractivity contribution in [2.75, 3.05) is 19.8 Å². The van der Waals surface area contributed by atoms with Crippen molar-refractivity contribution in [3.8, 4) is 6.07 Å². The van der Waals surface area contributed by atoms with E-state index in [1.54, 1.807) is 12.1 Å². The molecule has 0 bridgehead atoms. The number of nitrogens with one attached hydrogen (secondary N) is 1. The van der Waals surface area contributed by atoms with Gasteiger partial charge >= 0.3 is 0 Å². The van der Waals surface area contributed by atoms with E-state index in [-0.39, 0.29) is 5.56 Å². The molecule has 0 unspecified atom stereocenters. The molecular weight excluding hydrogens is 231 g/mol. The van der Waals surface area contributed by atoms with Crippen LogP contribution in [-0.2, 0) is 11.3 Å². The van der Waals surface area contributed by atoms with Crippen LogP contribution in [-0.4, -0.2) is 19.8 Å². The minimum Gasteiger partial charge on any atom is -0.380 e. The first-order valence-corrected chi connectivity index (χ1v) is 6.11. The van der Waals surface area contributed by atoms with Crippen LogP contribution in [0.25, 0.3) is 0 Å². The second-order valence-corrected chi connectivity index (χ2v) is 4.54. The summed E-state index contributed by atoms with van der Waals surface area (Å²) in [5.74, 6) is 0.0883. The zero-order valence-electron chi connectivity index (χ0n) is 10.9. The third-order valence-corrected chi connectivity index (χ3v) is 2.39. The third kappa shape index (κ3) is 4.82. The smallest absolute Gasteiger partial charge is 0.145 e. The highest BCUT2D eigenvalue weighted by Crippen LogP contribution is 2.11. The van der Waals surface area contributed by atoms with Gasteiger partial charge in [-0.3, -0.25) is 0 Å². The SMILES string of the molecule is CC(C)COCCNCc1cccc(C#N)c1F. The third-order valence-electron chi connectivity index (χ3n) is 2.39. The summed E-state index contributed by atoms with van der Waals surface area (Å²) in [5, 5.41) is 11.8. The molecule has 0 fully saturated rings. The van der Waals surface area contributed by atoms with Gasteiger partial charge in [-0.1, -0.05) is 26.0 Å². The molecule has 0 atom stereocenters. The average molecular weight is 250 g/mol. The first-order valence-electron chi connectivity index (χ1n) is 6.11. The van der Waals surface area contributed by atoms with Crippen molar-refractivity contribution in [3.05, 3.63) is 35.1 Å². The van der Waals surface area contributed by atoms with E-state index in [0.29, 0.717) is 31.2 Å². The molecule has 18 heavy (non-hydrogen) atoms. The lowest BCUT2D eigenvalue weighted by molar-refractivity contribution is 0.111. The van der Waals surface area contributed by atoms with Gasteiger partial charge in [0.15, 0.2) is 0 Å². The lowest BCUT2D eigenvalue weighted by Gasteiger charge is -2.08. The van der Waals surface area contributed by atoms with Crippen molar-refractivity contribution in [1.29, 1.82) is 5.26 Å². The monoisotopic (exact) mass is 250 g/mol. The summed E-state index contributed by atoms with van der Waals surface area (Å²) in [7, 11) is 0. The fraction of sp³-hybridized carbons (Fsp3) is 0.500. The molecule has 0 aliphatic carbocycles. The lowest BCUT2D eigenvalue weighted by Crippen LogP contribution is -2.21. The van der Waals surface area contributed by atoms with Crippen LogP contribution < -0.4 is 5.32 Å². The number of hydrogen-bond acceptors (Lipinski definition) is 3. The Hall–Kier alpha value is -1.44. The summed E-state index contributed by atoms with van der Waals surface area (Å²) in [6.45, 7) is 6.61. The highest BCUT2D eigenvalue weighted by Gasteiger charge is 2.06. The predicted octanol–water partition coefficient (Wildman–Crippen LogP) is 2.46. The number of ether oxygens (including phenoxy) is 1. The lowest BCUT2D eigenvalue weighted by atomic mass is 10.1. The van der Waals surface area contributed by atoms with Gasteiger partial charge in [0.25, 0.3) is 0 Å². The van der Waals surface area contributed by atoms with Crippen LogP contribution in [0.1, 0.15) is 25.0 Å². The van der Waals surface area contributed by atoms with Crippen LogP contribution in [0.2, 0.25) is 0 Å². The molecule has 3 nitrogen and oxygen atoms in total. The predicted molar refractivity (Wildman–Crippen MR) is 68.5 cm³/mol. The maximum absolute atomic E-state index is 13.7. The molecule has 0 saturated carbocycles. The summed E-state index contributed by atoms with van der Waals surface area (Å²) >= 11 is 0. The van der Waals surface area contributed by atoms with Crippen molar-refractivity contribution < 1.29 is 9.13 Å². The molecule has 0 aliphatic rings. The summed E-state index contributed by atoms with van der Waals surface area (Å²) in [6, 6.07) is 6.68. The molecular formula is C14H19FN2O. The largest absolute Gasteiger partial charge is 0.380 e. The van der Waals surface area contributed by atoms with Crippen LogP contribution in [0.5, 0.6) is 0 Å². The Balaban J connectivity index is 2.30. The molecule has 1 aromatic rings. The van der Waals surface area contributed by atoms with Crippen molar-refractivity contribution in [3.63, 3.8) is 0 Å². The number of hydrogen-bond donors (Lipinski definition) is 1. The molecule has 0 aliphatic heterocycles. The summed E-state index contributed by atoms with van der Waals surface area (Å²) in [5.41, 5.74) is 0.600. The Labute approximate surface area is 108 Å². The van der Waals surface area contributed by atoms with Gasteiger partial charge in [0.05, 0.1) is 12.2 Å². The fourth-order valence-corrected chi connectivity index (χ4v) is 1.49. The Morgan fingerprint density at radius 1 is 1.44 bits per heavy atom. The van der Waals surface area contributed by atoms with Crippen LogP contribution in [0.4, 0.5) is 4.39 Å². The van der Waals surface area contributed by atoms with Crippen LogP contribution in [0.3, 0.4) is 0 Å². The molecule has 0 heterocycles. The standard InChI is InChI=1S/C14H19FN2O/c1-11(2)10-18-7-6-17-9-13-5-3-4-12(8-16)14(13)15/h3-5,11,17H,6-7,9-10H2,1-2H3. The van der Waals surface area contributed by atoms with Gasteiger partial charge in [0.1, 0.15) is 11.9 Å². The molecule has 0 radical (unpaired) electrons. The minimum absolute atomic E-state index is 0.0883. The highest BCUT2D eigenvalue weighted by atomic mass is 19.1. The summed E-state index contributed by atoms with van der Waals surface area (Å²) < 4.78 is 19.1. The molecule has 0 aromatic heterocycles. The maximum Gasteiger partial charge on any atom is 0.145 e. The summed E-state index contributed by atoms with van der Waals surface area (Å²) in [6.07, 6.45) is 0. The van der Waals surface area contributed by atoms with Gasteiger partial charge < -0.3 is 10.1 Å². The Morgan fingerprint density at radius 3 is 2.89 bits per heavy atom. The van der Waals surface area contributed by atoms with Gasteiger partial charge in [-0.15, -0.1) is 0 Å². The van der Waals surface area contributed by atoms with Gasteiger partial charge in [-0.2, -0.15) is 5.26 Å². The molecule has 0 amide bonds. The van der Waals surface area contributed by atoms with Gasteiger partial charge in [0, 0.05) is 25.3 Å². The summed E-state index contributed by atoms with van der Waals surface area (Å²) in [4.78, 5) is 0. The quantitative estimate of drug-likeness (QED) is 0.756. The first-order chi connectivity index (χ1) is 8.65. The molecule has 1 aromatic carbocycles. The Morgan fingerprint density at radius 2 is 2.22 bits per heavy atom. The molecule has 1 N–H and O–H groups in total. The van der Waals surface area contributed by atoms with Crippen molar-refractivity contribution >= 4 is 0 Å². The zero-order valence-corrected chi connectivity index (χ0v) is 10.9. The first kappa shape index (κ1) is 14.6. The Bertz CT molecular complexity index is 413. The van der Waals surface area contributed by atoms with Gasteiger partial charge in [0.2, 0.25) is 0 Å². The van der Waals surface area contributed by atoms with E-state index in [2.05, 4.69) is 19.2 Å². The minimum atomic E-state index is -0.435. The van der Waals surface area contributed by atoms with E-state index in [1.807, 2.05) is 6.07 Å². The van der Waals surface area contributed by atoms with E-state index in [9.17, 15) is 4.39 Å². The van der Waals surface area contributed by atoms with Gasteiger partial charge in [-0.05, 0) is 12.0 Å².